The van der Waals surface area contributed by atoms with E-state index in [4.69, 9.17) is 0 Å². The predicted molar refractivity (Wildman–Crippen MR) is 74.1 cm³/mol. The summed E-state index contributed by atoms with van der Waals surface area (Å²) in [5, 5.41) is 9.57. The summed E-state index contributed by atoms with van der Waals surface area (Å²) in [6.45, 7) is 7.50. The Morgan fingerprint density at radius 3 is 2.41 bits per heavy atom. The largest absolute Gasteiger partial charge is 0.508 e. The maximum atomic E-state index is 9.57. The highest BCUT2D eigenvalue weighted by atomic mass is 16.3. The average Bonchev–Trinajstić information content (AvgIpc) is 2.15. The van der Waals surface area contributed by atoms with Gasteiger partial charge in [-0.3, -0.25) is 0 Å². The highest BCUT2D eigenvalue weighted by molar-refractivity contribution is 5.70. The quantitative estimate of drug-likeness (QED) is 0.861. The molecule has 0 aliphatic heterocycles. The Kier molecular flexibility index (Phi) is 4.76. The molecule has 17 heavy (non-hydrogen) atoms. The third-order valence-electron chi connectivity index (χ3n) is 2.83. The number of aromatic hydroxyl groups is 1. The van der Waals surface area contributed by atoms with Crippen molar-refractivity contribution in [2.75, 3.05) is 20.6 Å². The molecular formula is C15H23NO. The summed E-state index contributed by atoms with van der Waals surface area (Å²) in [6.07, 6.45) is 0. The summed E-state index contributed by atoms with van der Waals surface area (Å²) in [5.41, 5.74) is 3.76. The third-order valence-corrected chi connectivity index (χ3v) is 2.83. The molecule has 0 fully saturated rings. The van der Waals surface area contributed by atoms with Crippen LogP contribution in [0.15, 0.2) is 29.8 Å². The van der Waals surface area contributed by atoms with Crippen LogP contribution in [0.25, 0.3) is 5.57 Å². The molecule has 2 heteroatoms. The molecule has 0 spiro atoms. The smallest absolute Gasteiger partial charge is 0.116 e. The maximum absolute atomic E-state index is 9.57. The van der Waals surface area contributed by atoms with Gasteiger partial charge in [0.05, 0.1) is 0 Å². The second-order valence-electron chi connectivity index (χ2n) is 5.13. The van der Waals surface area contributed by atoms with Crippen LogP contribution < -0.4 is 0 Å². The summed E-state index contributed by atoms with van der Waals surface area (Å²) in [4.78, 5) is 2.19. The molecule has 0 amide bonds. The molecule has 0 aliphatic rings. The van der Waals surface area contributed by atoms with Gasteiger partial charge in [-0.2, -0.15) is 0 Å². The first-order valence-corrected chi connectivity index (χ1v) is 6.03. The highest BCUT2D eigenvalue weighted by Crippen LogP contribution is 2.29. The lowest BCUT2D eigenvalue weighted by Crippen LogP contribution is -2.21. The molecule has 2 nitrogen and oxygen atoms in total. The van der Waals surface area contributed by atoms with Crippen LogP contribution in [0.1, 0.15) is 26.3 Å². The third kappa shape index (κ3) is 3.90. The Balaban J connectivity index is 3.07. The zero-order valence-electron chi connectivity index (χ0n) is 11.5. The van der Waals surface area contributed by atoms with E-state index in [1.54, 1.807) is 6.07 Å². The first-order valence-electron chi connectivity index (χ1n) is 6.03. The molecule has 94 valence electrons. The van der Waals surface area contributed by atoms with E-state index in [1.807, 2.05) is 12.1 Å². The van der Waals surface area contributed by atoms with E-state index in [0.29, 0.717) is 11.7 Å². The Morgan fingerprint density at radius 2 is 1.94 bits per heavy atom. The molecule has 0 heterocycles. The van der Waals surface area contributed by atoms with Crippen molar-refractivity contribution in [1.82, 2.24) is 4.90 Å². The summed E-state index contributed by atoms with van der Waals surface area (Å²) < 4.78 is 0. The zero-order chi connectivity index (χ0) is 13.0. The van der Waals surface area contributed by atoms with Gasteiger partial charge in [0.25, 0.3) is 0 Å². The van der Waals surface area contributed by atoms with E-state index >= 15 is 0 Å². The van der Waals surface area contributed by atoms with E-state index < -0.39 is 0 Å². The van der Waals surface area contributed by atoms with Crippen molar-refractivity contribution in [3.63, 3.8) is 0 Å². The van der Waals surface area contributed by atoms with Crippen LogP contribution in [0.5, 0.6) is 5.75 Å². The van der Waals surface area contributed by atoms with Crippen molar-refractivity contribution < 1.29 is 5.11 Å². The van der Waals surface area contributed by atoms with Crippen molar-refractivity contribution in [1.29, 1.82) is 0 Å². The number of allylic oxidation sites excluding steroid dienone is 1. The number of hydrogen-bond donors (Lipinski definition) is 1. The van der Waals surface area contributed by atoms with Gasteiger partial charge in [-0.25, -0.2) is 0 Å². The molecule has 0 aromatic heterocycles. The van der Waals surface area contributed by atoms with E-state index in [2.05, 4.69) is 45.8 Å². The summed E-state index contributed by atoms with van der Waals surface area (Å²) >= 11 is 0. The van der Waals surface area contributed by atoms with Crippen LogP contribution in [-0.4, -0.2) is 30.6 Å². The second kappa shape index (κ2) is 5.87. The van der Waals surface area contributed by atoms with Crippen LogP contribution in [0, 0.1) is 5.92 Å². The lowest BCUT2D eigenvalue weighted by Gasteiger charge is -2.22. The van der Waals surface area contributed by atoms with Crippen molar-refractivity contribution >= 4 is 5.57 Å². The Bertz CT molecular complexity index is 403. The molecule has 1 unspecified atom stereocenters. The van der Waals surface area contributed by atoms with Gasteiger partial charge in [-0.05, 0) is 57.1 Å². The van der Waals surface area contributed by atoms with Crippen molar-refractivity contribution in [2.45, 2.75) is 20.8 Å². The number of benzene rings is 1. The molecule has 0 saturated heterocycles. The van der Waals surface area contributed by atoms with Crippen LogP contribution >= 0.6 is 0 Å². The maximum Gasteiger partial charge on any atom is 0.116 e. The minimum atomic E-state index is 0.332. The average molecular weight is 233 g/mol. The topological polar surface area (TPSA) is 23.5 Å². The van der Waals surface area contributed by atoms with Crippen LogP contribution in [0.3, 0.4) is 0 Å². The normalized spacial score (nSPS) is 12.6. The zero-order valence-corrected chi connectivity index (χ0v) is 11.5. The molecule has 0 bridgehead atoms. The van der Waals surface area contributed by atoms with Gasteiger partial charge in [0.15, 0.2) is 0 Å². The molecular weight excluding hydrogens is 210 g/mol. The van der Waals surface area contributed by atoms with Crippen LogP contribution in [0.4, 0.5) is 0 Å². The Morgan fingerprint density at radius 1 is 1.29 bits per heavy atom. The number of nitrogens with zero attached hydrogens (tertiary/aromatic N) is 1. The number of phenols is 1. The van der Waals surface area contributed by atoms with Gasteiger partial charge in [0.2, 0.25) is 0 Å². The molecule has 1 aromatic rings. The van der Waals surface area contributed by atoms with E-state index in [-0.39, 0.29) is 0 Å². The SMILES string of the molecule is CC(C)=C(c1cccc(O)c1)C(C)CN(C)C. The number of phenolic OH excluding ortho intramolecular Hbond substituents is 1. The van der Waals surface area contributed by atoms with Gasteiger partial charge in [0.1, 0.15) is 5.75 Å². The minimum absolute atomic E-state index is 0.332. The molecule has 1 atom stereocenters. The van der Waals surface area contributed by atoms with E-state index in [1.165, 1.54) is 11.1 Å². The standard InChI is InChI=1S/C15H23NO/c1-11(2)15(12(3)10-16(4)5)13-7-6-8-14(17)9-13/h6-9,12,17H,10H2,1-5H3. The molecule has 0 radical (unpaired) electrons. The predicted octanol–water partition coefficient (Wildman–Crippen LogP) is 3.38. The van der Waals surface area contributed by atoms with Gasteiger partial charge in [0, 0.05) is 6.54 Å². The van der Waals surface area contributed by atoms with Crippen molar-refractivity contribution in [2.24, 2.45) is 5.92 Å². The van der Waals surface area contributed by atoms with Crippen LogP contribution in [0.2, 0.25) is 0 Å². The lowest BCUT2D eigenvalue weighted by molar-refractivity contribution is 0.375. The Labute approximate surface area is 105 Å². The Hall–Kier alpha value is -1.28. The van der Waals surface area contributed by atoms with Gasteiger partial charge in [-0.15, -0.1) is 0 Å². The molecule has 1 rings (SSSR count). The van der Waals surface area contributed by atoms with Gasteiger partial charge in [-0.1, -0.05) is 24.6 Å². The molecule has 0 aliphatic carbocycles. The summed E-state index contributed by atoms with van der Waals surface area (Å²) in [7, 11) is 4.17. The first kappa shape index (κ1) is 13.8. The lowest BCUT2D eigenvalue weighted by atomic mass is 9.90. The first-order chi connectivity index (χ1) is 7.91. The van der Waals surface area contributed by atoms with E-state index in [0.717, 1.165) is 12.1 Å². The minimum Gasteiger partial charge on any atom is -0.508 e. The monoisotopic (exact) mass is 233 g/mol. The molecule has 0 saturated carbocycles. The van der Waals surface area contributed by atoms with Crippen molar-refractivity contribution in [3.05, 3.63) is 35.4 Å². The number of hydrogen-bond acceptors (Lipinski definition) is 2. The fourth-order valence-corrected chi connectivity index (χ4v) is 2.38. The molecule has 1 N–H and O–H groups in total. The van der Waals surface area contributed by atoms with Crippen LogP contribution in [-0.2, 0) is 0 Å². The van der Waals surface area contributed by atoms with E-state index in [9.17, 15) is 5.11 Å². The fourth-order valence-electron chi connectivity index (χ4n) is 2.38. The van der Waals surface area contributed by atoms with Gasteiger partial charge < -0.3 is 10.0 Å². The summed E-state index contributed by atoms with van der Waals surface area (Å²) in [6, 6.07) is 7.52. The second-order valence-corrected chi connectivity index (χ2v) is 5.13. The fraction of sp³-hybridized carbons (Fsp3) is 0.467. The highest BCUT2D eigenvalue weighted by Gasteiger charge is 2.13. The van der Waals surface area contributed by atoms with Crippen molar-refractivity contribution in [3.8, 4) is 5.75 Å². The number of rotatable bonds is 4. The summed E-state index contributed by atoms with van der Waals surface area (Å²) in [5.74, 6) is 0.787. The molecule has 1 aromatic carbocycles. The van der Waals surface area contributed by atoms with Gasteiger partial charge >= 0.3 is 0 Å².